The molecular weight excluding hydrogens is 412 g/mol. The molecule has 2 aromatic heterocycles. The normalized spacial score (nSPS) is 11.0. The highest BCUT2D eigenvalue weighted by Gasteiger charge is 2.18. The van der Waals surface area contributed by atoms with Crippen LogP contribution in [0.4, 0.5) is 0 Å². The second-order valence-electron chi connectivity index (χ2n) is 5.81. The van der Waals surface area contributed by atoms with Gasteiger partial charge in [0.25, 0.3) is 10.0 Å². The van der Waals surface area contributed by atoms with Gasteiger partial charge in [0.1, 0.15) is 5.69 Å². The number of benzene rings is 2. The number of halogens is 1. The highest BCUT2D eigenvalue weighted by Crippen LogP contribution is 2.27. The molecule has 4 aromatic rings. The molecule has 0 unspecified atom stereocenters. The Hall–Kier alpha value is -2.85. The van der Waals surface area contributed by atoms with E-state index in [1.807, 2.05) is 42.5 Å². The van der Waals surface area contributed by atoms with E-state index in [4.69, 9.17) is 11.6 Å². The summed E-state index contributed by atoms with van der Waals surface area (Å²) in [7, 11) is -3.76. The van der Waals surface area contributed by atoms with Crippen molar-refractivity contribution in [1.29, 1.82) is 0 Å². The summed E-state index contributed by atoms with van der Waals surface area (Å²) < 4.78 is 26.4. The van der Waals surface area contributed by atoms with E-state index >= 15 is 0 Å². The molecule has 2 aromatic carbocycles. The first-order valence-electron chi connectivity index (χ1n) is 8.26. The molecule has 0 fully saturated rings. The quantitative estimate of drug-likeness (QED) is 0.439. The number of nitrogens with zero attached hydrogens (tertiary/aromatic N) is 2. The van der Waals surface area contributed by atoms with E-state index in [-0.39, 0.29) is 4.90 Å². The smallest absolute Gasteiger partial charge is 0.199 e. The number of hydrogen-bond donors (Lipinski definition) is 0. The Morgan fingerprint density at radius 3 is 2.39 bits per heavy atom. The van der Waals surface area contributed by atoms with Gasteiger partial charge in [-0.2, -0.15) is 17.6 Å². The van der Waals surface area contributed by atoms with Crippen LogP contribution in [0, 0.1) is 11.8 Å². The molecule has 28 heavy (non-hydrogen) atoms. The van der Waals surface area contributed by atoms with Gasteiger partial charge in [0.05, 0.1) is 14.6 Å². The zero-order chi connectivity index (χ0) is 19.6. The number of rotatable bonds is 3. The molecule has 0 spiro atoms. The largest absolute Gasteiger partial charge is 0.282 e. The summed E-state index contributed by atoms with van der Waals surface area (Å²) in [5.41, 5.74) is 1.52. The zero-order valence-electron chi connectivity index (χ0n) is 14.4. The lowest BCUT2D eigenvalue weighted by Gasteiger charge is -2.04. The van der Waals surface area contributed by atoms with E-state index in [9.17, 15) is 8.42 Å². The van der Waals surface area contributed by atoms with Crippen molar-refractivity contribution < 1.29 is 8.42 Å². The van der Waals surface area contributed by atoms with Gasteiger partial charge in [-0.05, 0) is 54.6 Å². The van der Waals surface area contributed by atoms with E-state index in [0.29, 0.717) is 10.7 Å². The van der Waals surface area contributed by atoms with Crippen LogP contribution < -0.4 is 0 Å². The van der Waals surface area contributed by atoms with Crippen LogP contribution in [0.1, 0.15) is 10.4 Å². The molecule has 0 aliphatic carbocycles. The van der Waals surface area contributed by atoms with Crippen LogP contribution in [0.5, 0.6) is 0 Å². The minimum atomic E-state index is -3.76. The number of hydrogen-bond acceptors (Lipinski definition) is 4. The van der Waals surface area contributed by atoms with Crippen LogP contribution in [0.2, 0.25) is 5.02 Å². The molecule has 0 saturated heterocycles. The van der Waals surface area contributed by atoms with Crippen molar-refractivity contribution in [3.8, 4) is 22.4 Å². The maximum Gasteiger partial charge on any atom is 0.282 e. The molecule has 0 radical (unpaired) electrons. The summed E-state index contributed by atoms with van der Waals surface area (Å²) in [6.07, 6.45) is 1.44. The third-order valence-corrected chi connectivity index (χ3v) is 6.73. The van der Waals surface area contributed by atoms with Crippen LogP contribution in [-0.4, -0.2) is 17.6 Å². The molecule has 0 saturated carbocycles. The lowest BCUT2D eigenvalue weighted by atomic mass is 10.2. The number of aromatic nitrogens is 2. The molecule has 0 aliphatic heterocycles. The standard InChI is InChI=1S/C21H13ClN2O2S2/c22-17-7-11-19(12-8-17)28(25,26)24-15-14-20(23-24)21-13-10-18(27-21)9-6-16-4-2-1-3-5-16/h1-5,7-8,10-15H. The monoisotopic (exact) mass is 424 g/mol. The van der Waals surface area contributed by atoms with Crippen LogP contribution in [0.3, 0.4) is 0 Å². The molecule has 138 valence electrons. The number of thiophene rings is 1. The molecule has 7 heteroatoms. The zero-order valence-corrected chi connectivity index (χ0v) is 16.8. The average molecular weight is 425 g/mol. The van der Waals surface area contributed by atoms with Crippen LogP contribution in [-0.2, 0) is 10.0 Å². The summed E-state index contributed by atoms with van der Waals surface area (Å²) in [4.78, 5) is 1.86. The molecule has 0 atom stereocenters. The van der Waals surface area contributed by atoms with Gasteiger partial charge in [-0.3, -0.25) is 0 Å². The summed E-state index contributed by atoms with van der Waals surface area (Å²) in [6.45, 7) is 0. The minimum absolute atomic E-state index is 0.132. The molecule has 4 rings (SSSR count). The Balaban J connectivity index is 1.59. The van der Waals surface area contributed by atoms with Gasteiger partial charge in [-0.15, -0.1) is 11.3 Å². The second kappa shape index (κ2) is 7.64. The van der Waals surface area contributed by atoms with Crippen molar-refractivity contribution in [2.24, 2.45) is 0 Å². The molecule has 0 aliphatic rings. The molecular formula is C21H13ClN2O2S2. The first kappa shape index (κ1) is 18.5. The summed E-state index contributed by atoms with van der Waals surface area (Å²) in [6, 6.07) is 21.2. The van der Waals surface area contributed by atoms with Gasteiger partial charge in [0.2, 0.25) is 0 Å². The molecule has 2 heterocycles. The fraction of sp³-hybridized carbons (Fsp3) is 0. The Morgan fingerprint density at radius 2 is 1.64 bits per heavy atom. The highest BCUT2D eigenvalue weighted by atomic mass is 35.5. The summed E-state index contributed by atoms with van der Waals surface area (Å²) in [5, 5.41) is 4.72. The van der Waals surface area contributed by atoms with Crippen molar-refractivity contribution >= 4 is 33.0 Å². The van der Waals surface area contributed by atoms with E-state index in [1.54, 1.807) is 6.07 Å². The first-order chi connectivity index (χ1) is 13.5. The first-order valence-corrected chi connectivity index (χ1v) is 10.9. The van der Waals surface area contributed by atoms with Crippen molar-refractivity contribution in [3.05, 3.63) is 94.5 Å². The molecule has 0 N–H and O–H groups in total. The van der Waals surface area contributed by atoms with Crippen molar-refractivity contribution in [1.82, 2.24) is 9.19 Å². The SMILES string of the molecule is O=S(=O)(c1ccc(Cl)cc1)n1ccc(-c2ccc(C#Cc3ccccc3)s2)n1. The third kappa shape index (κ3) is 3.87. The van der Waals surface area contributed by atoms with Crippen molar-refractivity contribution in [2.45, 2.75) is 4.90 Å². The fourth-order valence-corrected chi connectivity index (χ4v) is 4.55. The Kier molecular flexibility index (Phi) is 5.05. The topological polar surface area (TPSA) is 52.0 Å². The van der Waals surface area contributed by atoms with Crippen molar-refractivity contribution in [2.75, 3.05) is 0 Å². The van der Waals surface area contributed by atoms with Gasteiger partial charge in [-0.1, -0.05) is 41.6 Å². The summed E-state index contributed by atoms with van der Waals surface area (Å²) in [5.74, 6) is 6.23. The molecule has 0 amide bonds. The van der Waals surface area contributed by atoms with Crippen molar-refractivity contribution in [3.63, 3.8) is 0 Å². The van der Waals surface area contributed by atoms with E-state index in [0.717, 1.165) is 19.4 Å². The maximum absolute atomic E-state index is 12.7. The molecule has 0 bridgehead atoms. The average Bonchev–Trinajstić information content (AvgIpc) is 3.37. The Morgan fingerprint density at radius 1 is 0.893 bits per heavy atom. The summed E-state index contributed by atoms with van der Waals surface area (Å²) >= 11 is 7.30. The Labute approximate surface area is 172 Å². The van der Waals surface area contributed by atoms with Gasteiger partial charge in [-0.25, -0.2) is 0 Å². The van der Waals surface area contributed by atoms with E-state index in [1.165, 1.54) is 41.8 Å². The van der Waals surface area contributed by atoms with Crippen LogP contribution in [0.25, 0.3) is 10.6 Å². The Bertz CT molecular complexity index is 1280. The van der Waals surface area contributed by atoms with Crippen LogP contribution >= 0.6 is 22.9 Å². The minimum Gasteiger partial charge on any atom is -0.199 e. The van der Waals surface area contributed by atoms with Gasteiger partial charge in [0.15, 0.2) is 0 Å². The van der Waals surface area contributed by atoms with E-state index < -0.39 is 10.0 Å². The maximum atomic E-state index is 12.7. The predicted octanol–water partition coefficient (Wildman–Crippen LogP) is 4.90. The van der Waals surface area contributed by atoms with Crippen LogP contribution in [0.15, 0.2) is 83.9 Å². The fourth-order valence-electron chi connectivity index (χ4n) is 2.49. The van der Waals surface area contributed by atoms with Gasteiger partial charge < -0.3 is 0 Å². The van der Waals surface area contributed by atoms with Gasteiger partial charge in [0, 0.05) is 16.8 Å². The molecule has 4 nitrogen and oxygen atoms in total. The lowest BCUT2D eigenvalue weighted by Crippen LogP contribution is -2.13. The second-order valence-corrected chi connectivity index (χ2v) is 9.13. The third-order valence-electron chi connectivity index (χ3n) is 3.89. The highest BCUT2D eigenvalue weighted by molar-refractivity contribution is 7.89. The van der Waals surface area contributed by atoms with Gasteiger partial charge >= 0.3 is 0 Å². The lowest BCUT2D eigenvalue weighted by molar-refractivity contribution is 0.580. The van der Waals surface area contributed by atoms with E-state index in [2.05, 4.69) is 16.9 Å². The predicted molar refractivity (Wildman–Crippen MR) is 112 cm³/mol.